The van der Waals surface area contributed by atoms with Gasteiger partial charge in [0, 0.05) is 12.1 Å². The lowest BCUT2D eigenvalue weighted by atomic mass is 9.92. The molecule has 1 aliphatic carbocycles. The van der Waals surface area contributed by atoms with Crippen LogP contribution in [-0.2, 0) is 4.79 Å². The summed E-state index contributed by atoms with van der Waals surface area (Å²) in [4.78, 5) is 14.7. The second kappa shape index (κ2) is 7.69. The zero-order valence-corrected chi connectivity index (χ0v) is 13.9. The van der Waals surface area contributed by atoms with Crippen molar-refractivity contribution in [1.29, 1.82) is 0 Å². The van der Waals surface area contributed by atoms with Gasteiger partial charge in [-0.25, -0.2) is 0 Å². The van der Waals surface area contributed by atoms with Gasteiger partial charge in [-0.3, -0.25) is 9.69 Å². The second-order valence-corrected chi connectivity index (χ2v) is 8.18. The molecule has 0 radical (unpaired) electrons. The summed E-state index contributed by atoms with van der Waals surface area (Å²) >= 11 is 1.73. The summed E-state index contributed by atoms with van der Waals surface area (Å²) in [7, 11) is 0. The van der Waals surface area contributed by atoms with Crippen LogP contribution in [0.25, 0.3) is 0 Å². The van der Waals surface area contributed by atoms with Crippen LogP contribution >= 0.6 is 11.8 Å². The highest BCUT2D eigenvalue weighted by Crippen LogP contribution is 2.36. The quantitative estimate of drug-likeness (QED) is 0.818. The first-order valence-electron chi connectivity index (χ1n) is 8.26. The van der Waals surface area contributed by atoms with Crippen molar-refractivity contribution in [2.45, 2.75) is 69.6 Å². The molecule has 1 saturated carbocycles. The van der Waals surface area contributed by atoms with Gasteiger partial charge in [0.15, 0.2) is 0 Å². The zero-order chi connectivity index (χ0) is 14.4. The molecule has 1 N–H and O–H groups in total. The van der Waals surface area contributed by atoms with E-state index in [9.17, 15) is 4.79 Å². The van der Waals surface area contributed by atoms with Crippen LogP contribution in [-0.4, -0.2) is 47.0 Å². The molecule has 0 spiro atoms. The van der Waals surface area contributed by atoms with Gasteiger partial charge in [-0.1, -0.05) is 33.1 Å². The molecule has 2 rings (SSSR count). The van der Waals surface area contributed by atoms with Crippen molar-refractivity contribution >= 4 is 17.7 Å². The number of thioether (sulfide) groups is 1. The average Bonchev–Trinajstić information content (AvgIpc) is 2.94. The van der Waals surface area contributed by atoms with E-state index in [0.29, 0.717) is 11.0 Å². The number of nitrogens with zero attached hydrogens (tertiary/aromatic N) is 1. The highest BCUT2D eigenvalue weighted by molar-refractivity contribution is 8.00. The largest absolute Gasteiger partial charge is 0.354 e. The first-order chi connectivity index (χ1) is 9.62. The third-order valence-corrected chi connectivity index (χ3v) is 5.82. The number of carbonyl (C=O) groups excluding carboxylic acids is 1. The molecule has 0 bridgehead atoms. The molecule has 0 aromatic carbocycles. The van der Waals surface area contributed by atoms with E-state index in [4.69, 9.17) is 0 Å². The van der Waals surface area contributed by atoms with Gasteiger partial charge in [-0.05, 0) is 44.0 Å². The summed E-state index contributed by atoms with van der Waals surface area (Å²) in [5.41, 5.74) is 0.276. The van der Waals surface area contributed by atoms with Crippen LogP contribution in [0.5, 0.6) is 0 Å². The highest BCUT2D eigenvalue weighted by Gasteiger charge is 2.39. The van der Waals surface area contributed by atoms with E-state index in [1.165, 1.54) is 58.0 Å². The second-order valence-electron chi connectivity index (χ2n) is 6.62. The van der Waals surface area contributed by atoms with Crippen LogP contribution in [0, 0.1) is 0 Å². The van der Waals surface area contributed by atoms with Gasteiger partial charge in [0.2, 0.25) is 5.91 Å². The minimum Gasteiger partial charge on any atom is -0.354 e. The van der Waals surface area contributed by atoms with Crippen molar-refractivity contribution in [1.82, 2.24) is 10.2 Å². The Hall–Kier alpha value is -0.220. The predicted molar refractivity (Wildman–Crippen MR) is 87.2 cm³/mol. The predicted octanol–water partition coefficient (Wildman–Crippen LogP) is 3.04. The molecule has 1 saturated heterocycles. The van der Waals surface area contributed by atoms with Crippen LogP contribution in [0.2, 0.25) is 0 Å². The van der Waals surface area contributed by atoms with Gasteiger partial charge in [-0.15, -0.1) is 11.8 Å². The number of hydrogen-bond donors (Lipinski definition) is 1. The highest BCUT2D eigenvalue weighted by atomic mass is 32.2. The summed E-state index contributed by atoms with van der Waals surface area (Å²) in [5.74, 6) is 0.820. The lowest BCUT2D eigenvalue weighted by Gasteiger charge is -2.43. The minimum atomic E-state index is 0.215. The molecule has 0 atom stereocenters. The Morgan fingerprint density at radius 2 is 1.80 bits per heavy atom. The van der Waals surface area contributed by atoms with Crippen molar-refractivity contribution < 1.29 is 4.79 Å². The van der Waals surface area contributed by atoms with E-state index >= 15 is 0 Å². The smallest absolute Gasteiger partial charge is 0.230 e. The monoisotopic (exact) mass is 298 g/mol. The molecule has 0 aromatic heterocycles. The van der Waals surface area contributed by atoms with Gasteiger partial charge in [-0.2, -0.15) is 0 Å². The SMILES string of the molecule is CC(C)SCC(=O)NCC1(N2CCCCC2)CCCC1. The van der Waals surface area contributed by atoms with Crippen LogP contribution in [0.4, 0.5) is 0 Å². The third kappa shape index (κ3) is 4.39. The van der Waals surface area contributed by atoms with Crippen molar-refractivity contribution in [3.05, 3.63) is 0 Å². The first-order valence-corrected chi connectivity index (χ1v) is 9.31. The molecule has 1 amide bonds. The average molecular weight is 298 g/mol. The van der Waals surface area contributed by atoms with Crippen LogP contribution in [0.15, 0.2) is 0 Å². The Bertz CT molecular complexity index is 308. The topological polar surface area (TPSA) is 32.3 Å². The number of carbonyl (C=O) groups is 1. The normalized spacial score (nSPS) is 23.1. The molecule has 1 aliphatic heterocycles. The van der Waals surface area contributed by atoms with Crippen LogP contribution in [0.1, 0.15) is 58.8 Å². The summed E-state index contributed by atoms with van der Waals surface area (Å²) in [6, 6.07) is 0. The Labute approximate surface area is 128 Å². The minimum absolute atomic E-state index is 0.215. The third-order valence-electron chi connectivity index (χ3n) is 4.72. The van der Waals surface area contributed by atoms with E-state index in [0.717, 1.165) is 6.54 Å². The van der Waals surface area contributed by atoms with Crippen molar-refractivity contribution in [2.24, 2.45) is 0 Å². The lowest BCUT2D eigenvalue weighted by Crippen LogP contribution is -2.55. The van der Waals surface area contributed by atoms with Gasteiger partial charge < -0.3 is 5.32 Å². The number of rotatable bonds is 6. The molecule has 116 valence electrons. The number of amides is 1. The number of hydrogen-bond acceptors (Lipinski definition) is 3. The maximum Gasteiger partial charge on any atom is 0.230 e. The molecule has 3 nitrogen and oxygen atoms in total. The molecule has 0 unspecified atom stereocenters. The zero-order valence-electron chi connectivity index (χ0n) is 13.1. The first kappa shape index (κ1) is 16.2. The summed E-state index contributed by atoms with van der Waals surface area (Å²) in [5, 5.41) is 3.75. The van der Waals surface area contributed by atoms with E-state index in [1.54, 1.807) is 11.8 Å². The molecule has 2 fully saturated rings. The Kier molecular flexibility index (Phi) is 6.21. The van der Waals surface area contributed by atoms with Gasteiger partial charge in [0.05, 0.1) is 5.75 Å². The maximum atomic E-state index is 12.0. The molecule has 4 heteroatoms. The standard InChI is InChI=1S/C16H30N2OS/c1-14(2)20-12-15(19)17-13-16(8-4-5-9-16)18-10-6-3-7-11-18/h14H,3-13H2,1-2H3,(H,17,19). The summed E-state index contributed by atoms with van der Waals surface area (Å²) in [6.45, 7) is 7.62. The van der Waals surface area contributed by atoms with Crippen LogP contribution in [0.3, 0.4) is 0 Å². The van der Waals surface area contributed by atoms with Gasteiger partial charge in [0.25, 0.3) is 0 Å². The van der Waals surface area contributed by atoms with E-state index in [-0.39, 0.29) is 11.4 Å². The molecule has 0 aromatic rings. The molecule has 20 heavy (non-hydrogen) atoms. The number of nitrogens with one attached hydrogen (secondary N) is 1. The maximum absolute atomic E-state index is 12.0. The van der Waals surface area contributed by atoms with E-state index < -0.39 is 0 Å². The van der Waals surface area contributed by atoms with Gasteiger partial charge >= 0.3 is 0 Å². The fourth-order valence-corrected chi connectivity index (χ4v) is 4.15. The molecular weight excluding hydrogens is 268 g/mol. The summed E-state index contributed by atoms with van der Waals surface area (Å²) < 4.78 is 0. The van der Waals surface area contributed by atoms with Gasteiger partial charge in [0.1, 0.15) is 0 Å². The van der Waals surface area contributed by atoms with E-state index in [2.05, 4.69) is 24.1 Å². The fourth-order valence-electron chi connectivity index (χ4n) is 3.56. The van der Waals surface area contributed by atoms with Crippen molar-refractivity contribution in [3.63, 3.8) is 0 Å². The van der Waals surface area contributed by atoms with Crippen LogP contribution < -0.4 is 5.32 Å². The summed E-state index contributed by atoms with van der Waals surface area (Å²) in [6.07, 6.45) is 9.23. The van der Waals surface area contributed by atoms with Crippen molar-refractivity contribution in [3.8, 4) is 0 Å². The van der Waals surface area contributed by atoms with Crippen molar-refractivity contribution in [2.75, 3.05) is 25.4 Å². The Balaban J connectivity index is 1.84. The number of piperidine rings is 1. The Morgan fingerprint density at radius 1 is 1.15 bits per heavy atom. The lowest BCUT2D eigenvalue weighted by molar-refractivity contribution is -0.119. The fraction of sp³-hybridized carbons (Fsp3) is 0.938. The number of likely N-dealkylation sites (tertiary alicyclic amines) is 1. The van der Waals surface area contributed by atoms with E-state index in [1.807, 2.05) is 0 Å². The molecule has 1 heterocycles. The Morgan fingerprint density at radius 3 is 2.40 bits per heavy atom. The molecular formula is C16H30N2OS. The molecule has 2 aliphatic rings.